The number of Topliss-reactive ketones (excluding diaryl/α,β-unsaturated/α-hetero) is 1. The average Bonchev–Trinajstić information content (AvgIpc) is 3.34. The first-order valence-corrected chi connectivity index (χ1v) is 11.4. The Bertz CT molecular complexity index is 1170. The lowest BCUT2D eigenvalue weighted by Gasteiger charge is -2.48. The van der Waals surface area contributed by atoms with Crippen LogP contribution < -0.4 is 10.1 Å². The number of oxazole rings is 1. The van der Waals surface area contributed by atoms with Gasteiger partial charge in [0, 0.05) is 17.5 Å². The van der Waals surface area contributed by atoms with Gasteiger partial charge in [-0.2, -0.15) is 4.98 Å². The number of ketones is 1. The molecule has 2 fully saturated rings. The lowest BCUT2D eigenvalue weighted by atomic mass is 9.55. The van der Waals surface area contributed by atoms with Crippen LogP contribution >= 0.6 is 0 Å². The van der Waals surface area contributed by atoms with Crippen molar-refractivity contribution in [2.75, 3.05) is 12.4 Å². The molecule has 1 aromatic heterocycles. The first-order chi connectivity index (χ1) is 15.1. The van der Waals surface area contributed by atoms with Crippen LogP contribution in [0.3, 0.4) is 0 Å². The van der Waals surface area contributed by atoms with Gasteiger partial charge >= 0.3 is 0 Å². The molecule has 0 spiro atoms. The number of aryl methyl sites for hydroxylation is 1. The molecule has 6 rings (SSSR count). The molecule has 1 heterocycles. The number of carbonyl (C=O) groups is 1. The maximum Gasteiger partial charge on any atom is 0.300 e. The van der Waals surface area contributed by atoms with Gasteiger partial charge in [0.25, 0.3) is 6.01 Å². The van der Waals surface area contributed by atoms with Crippen molar-refractivity contribution in [3.63, 3.8) is 0 Å². The molecule has 160 valence electrons. The summed E-state index contributed by atoms with van der Waals surface area (Å²) in [6.45, 7) is 2.23. The van der Waals surface area contributed by atoms with E-state index in [0.717, 1.165) is 61.1 Å². The maximum absolute atomic E-state index is 12.6. The van der Waals surface area contributed by atoms with Crippen LogP contribution in [-0.2, 0) is 11.2 Å². The molecule has 5 nitrogen and oxygen atoms in total. The van der Waals surface area contributed by atoms with Crippen molar-refractivity contribution in [2.45, 2.75) is 51.4 Å². The van der Waals surface area contributed by atoms with Gasteiger partial charge in [-0.25, -0.2) is 0 Å². The Morgan fingerprint density at radius 3 is 2.74 bits per heavy atom. The number of fused-ring (bicyclic) bond motifs is 7. The number of hydrogen-bond donors (Lipinski definition) is 1. The fourth-order valence-corrected chi connectivity index (χ4v) is 6.68. The third-order valence-corrected chi connectivity index (χ3v) is 8.32. The summed E-state index contributed by atoms with van der Waals surface area (Å²) in [4.78, 5) is 17.4. The van der Waals surface area contributed by atoms with Gasteiger partial charge in [-0.05, 0) is 91.3 Å². The van der Waals surface area contributed by atoms with Crippen LogP contribution in [-0.4, -0.2) is 17.9 Å². The number of carbonyl (C=O) groups excluding carboxylic acids is 1. The molecule has 0 bridgehead atoms. The van der Waals surface area contributed by atoms with E-state index in [-0.39, 0.29) is 5.41 Å². The minimum Gasteiger partial charge on any atom is -0.497 e. The van der Waals surface area contributed by atoms with Crippen molar-refractivity contribution >= 4 is 28.6 Å². The number of nitrogens with one attached hydrogen (secondary N) is 1. The van der Waals surface area contributed by atoms with E-state index in [1.807, 2.05) is 24.3 Å². The van der Waals surface area contributed by atoms with E-state index in [1.54, 1.807) is 7.11 Å². The van der Waals surface area contributed by atoms with Gasteiger partial charge in [-0.15, -0.1) is 0 Å². The third-order valence-electron chi connectivity index (χ3n) is 8.32. The van der Waals surface area contributed by atoms with Crippen molar-refractivity contribution in [3.05, 3.63) is 47.5 Å². The zero-order valence-corrected chi connectivity index (χ0v) is 18.1. The van der Waals surface area contributed by atoms with Gasteiger partial charge in [0.1, 0.15) is 17.0 Å². The third kappa shape index (κ3) is 2.82. The molecular weight excluding hydrogens is 388 g/mol. The fraction of sp³-hybridized carbons (Fsp3) is 0.462. The average molecular weight is 417 g/mol. The summed E-state index contributed by atoms with van der Waals surface area (Å²) >= 11 is 0. The largest absolute Gasteiger partial charge is 0.497 e. The number of methoxy groups -OCH3 is 1. The molecule has 3 aliphatic carbocycles. The van der Waals surface area contributed by atoms with Crippen molar-refractivity contribution in [3.8, 4) is 5.75 Å². The minimum atomic E-state index is -0.0773. The van der Waals surface area contributed by atoms with E-state index in [2.05, 4.69) is 24.4 Å². The molecule has 1 N–H and O–H groups in total. The summed E-state index contributed by atoms with van der Waals surface area (Å²) in [6, 6.07) is 12.6. The second-order valence-corrected chi connectivity index (χ2v) is 9.69. The van der Waals surface area contributed by atoms with E-state index in [9.17, 15) is 4.79 Å². The SMILES string of the molecule is COc1ccc(Nc2nc3c4c(ccc3o2)[C@H]2CC[C@]3(C)C(=O)CC[C@H]3[C@@H]2CC4)cc1. The molecule has 0 unspecified atom stereocenters. The molecule has 3 aliphatic rings. The molecular formula is C26H28N2O3. The molecule has 0 amide bonds. The lowest BCUT2D eigenvalue weighted by molar-refractivity contribution is -0.129. The topological polar surface area (TPSA) is 64.4 Å². The highest BCUT2D eigenvalue weighted by Crippen LogP contribution is 2.59. The van der Waals surface area contributed by atoms with E-state index in [0.29, 0.717) is 29.6 Å². The molecule has 2 aromatic carbocycles. The zero-order chi connectivity index (χ0) is 21.2. The first kappa shape index (κ1) is 18.9. The second kappa shape index (κ2) is 6.84. The van der Waals surface area contributed by atoms with Gasteiger partial charge in [-0.1, -0.05) is 13.0 Å². The van der Waals surface area contributed by atoms with E-state index < -0.39 is 0 Å². The lowest BCUT2D eigenvalue weighted by Crippen LogP contribution is -2.42. The monoisotopic (exact) mass is 416 g/mol. The summed E-state index contributed by atoms with van der Waals surface area (Å²) in [5.41, 5.74) is 5.45. The van der Waals surface area contributed by atoms with E-state index >= 15 is 0 Å². The summed E-state index contributed by atoms with van der Waals surface area (Å²) < 4.78 is 11.3. The molecule has 2 saturated carbocycles. The Balaban J connectivity index is 1.32. The molecule has 0 saturated heterocycles. The smallest absolute Gasteiger partial charge is 0.300 e. The highest BCUT2D eigenvalue weighted by Gasteiger charge is 2.54. The number of benzene rings is 2. The summed E-state index contributed by atoms with van der Waals surface area (Å²) in [7, 11) is 1.66. The molecule has 4 atom stereocenters. The highest BCUT2D eigenvalue weighted by atomic mass is 16.5. The molecule has 5 heteroatoms. The number of aromatic nitrogens is 1. The van der Waals surface area contributed by atoms with Crippen molar-refractivity contribution in [2.24, 2.45) is 17.3 Å². The summed E-state index contributed by atoms with van der Waals surface area (Å²) in [6.07, 6.45) is 6.16. The van der Waals surface area contributed by atoms with Crippen LogP contribution in [0.2, 0.25) is 0 Å². The Hall–Kier alpha value is -2.82. The molecule has 31 heavy (non-hydrogen) atoms. The van der Waals surface area contributed by atoms with Gasteiger partial charge in [0.05, 0.1) is 7.11 Å². The number of nitrogens with zero attached hydrogens (tertiary/aromatic N) is 1. The standard InChI is InChI=1S/C26H28N2O3/c1-26-14-13-18-17-9-11-22-24(20(17)8-7-19(18)21(26)10-12-23(26)29)28-25(31-22)27-15-3-5-16(30-2)6-4-15/h3-6,9,11,18-19,21H,7-8,10,12-14H2,1-2H3,(H,27,28)/t18-,19-,21+,26+/m1/s1. The summed E-state index contributed by atoms with van der Waals surface area (Å²) in [5, 5.41) is 3.28. The van der Waals surface area contributed by atoms with E-state index in [4.69, 9.17) is 14.1 Å². The Kier molecular flexibility index (Phi) is 4.17. The van der Waals surface area contributed by atoms with Crippen molar-refractivity contribution in [1.82, 2.24) is 4.98 Å². The number of hydrogen-bond acceptors (Lipinski definition) is 5. The van der Waals surface area contributed by atoms with Crippen molar-refractivity contribution < 1.29 is 13.9 Å². The summed E-state index contributed by atoms with van der Waals surface area (Å²) in [5.74, 6) is 3.04. The maximum atomic E-state index is 12.6. The van der Waals surface area contributed by atoms with E-state index in [1.165, 1.54) is 11.1 Å². The zero-order valence-electron chi connectivity index (χ0n) is 18.1. The molecule has 3 aromatic rings. The predicted octanol–water partition coefficient (Wildman–Crippen LogP) is 6.01. The van der Waals surface area contributed by atoms with Crippen LogP contribution in [0.15, 0.2) is 40.8 Å². The molecule has 0 aliphatic heterocycles. The van der Waals surface area contributed by atoms with Gasteiger partial charge < -0.3 is 14.5 Å². The van der Waals surface area contributed by atoms with Gasteiger partial charge in [0.15, 0.2) is 5.58 Å². The van der Waals surface area contributed by atoms with Crippen LogP contribution in [0.25, 0.3) is 11.1 Å². The first-order valence-electron chi connectivity index (χ1n) is 11.4. The van der Waals surface area contributed by atoms with Crippen molar-refractivity contribution in [1.29, 1.82) is 0 Å². The Morgan fingerprint density at radius 1 is 1.10 bits per heavy atom. The number of rotatable bonds is 3. The number of anilines is 2. The van der Waals surface area contributed by atoms with Crippen LogP contribution in [0.1, 0.15) is 56.1 Å². The predicted molar refractivity (Wildman–Crippen MR) is 120 cm³/mol. The number of ether oxygens (including phenoxy) is 1. The quantitative estimate of drug-likeness (QED) is 0.567. The fourth-order valence-electron chi connectivity index (χ4n) is 6.68. The van der Waals surface area contributed by atoms with Crippen LogP contribution in [0, 0.1) is 17.3 Å². The van der Waals surface area contributed by atoms with Gasteiger partial charge in [-0.3, -0.25) is 4.79 Å². The Labute approximate surface area is 182 Å². The van der Waals surface area contributed by atoms with Crippen LogP contribution in [0.5, 0.6) is 5.75 Å². The second-order valence-electron chi connectivity index (χ2n) is 9.69. The minimum absolute atomic E-state index is 0.0773. The van der Waals surface area contributed by atoms with Crippen LogP contribution in [0.4, 0.5) is 11.7 Å². The normalized spacial score (nSPS) is 29.4. The Morgan fingerprint density at radius 2 is 1.94 bits per heavy atom. The van der Waals surface area contributed by atoms with Gasteiger partial charge in [0.2, 0.25) is 0 Å². The molecule has 0 radical (unpaired) electrons. The highest BCUT2D eigenvalue weighted by molar-refractivity contribution is 5.87.